The molecule has 0 radical (unpaired) electrons. The Morgan fingerprint density at radius 1 is 1.08 bits per heavy atom. The van der Waals surface area contributed by atoms with Crippen LogP contribution >= 0.6 is 0 Å². The topological polar surface area (TPSA) is 96.9 Å². The first-order valence-electron chi connectivity index (χ1n) is 12.7. The number of hydrogen-bond donors (Lipinski definition) is 1. The van der Waals surface area contributed by atoms with Crippen LogP contribution in [0.2, 0.25) is 0 Å². The molecule has 0 bridgehead atoms. The number of piperidine rings is 1. The molecule has 0 spiro atoms. The Balaban J connectivity index is 1.33. The fraction of sp³-hybridized carbons (Fsp3) is 0.357. The number of nitrogen functional groups attached to an aromatic ring is 1. The van der Waals surface area contributed by atoms with Crippen LogP contribution < -0.4 is 5.73 Å². The second-order valence-electron chi connectivity index (χ2n) is 9.78. The highest BCUT2D eigenvalue weighted by Crippen LogP contribution is 2.39. The number of likely N-dealkylation sites (tertiary alicyclic amines) is 1. The molecule has 8 nitrogen and oxygen atoms in total. The van der Waals surface area contributed by atoms with Crippen molar-refractivity contribution in [2.75, 3.05) is 25.9 Å². The lowest BCUT2D eigenvalue weighted by molar-refractivity contribution is -0.137. The second kappa shape index (κ2) is 11.0. The summed E-state index contributed by atoms with van der Waals surface area (Å²) in [4.78, 5) is 29.5. The summed E-state index contributed by atoms with van der Waals surface area (Å²) < 4.78 is 46.0. The van der Waals surface area contributed by atoms with E-state index in [0.29, 0.717) is 42.9 Å². The number of amides is 1. The molecule has 3 heterocycles. The number of carbonyl (C=O) groups is 1. The van der Waals surface area contributed by atoms with Gasteiger partial charge in [-0.2, -0.15) is 13.2 Å². The summed E-state index contributed by atoms with van der Waals surface area (Å²) in [6.45, 7) is 1.21. The van der Waals surface area contributed by atoms with E-state index in [0.717, 1.165) is 17.7 Å². The molecular weight excluding hydrogens is 509 g/mol. The van der Waals surface area contributed by atoms with Crippen molar-refractivity contribution in [3.8, 4) is 0 Å². The van der Waals surface area contributed by atoms with E-state index < -0.39 is 17.8 Å². The predicted molar refractivity (Wildman–Crippen MR) is 140 cm³/mol. The van der Waals surface area contributed by atoms with E-state index in [-0.39, 0.29) is 30.7 Å². The Bertz CT molecular complexity index is 1340. The zero-order chi connectivity index (χ0) is 27.6. The van der Waals surface area contributed by atoms with Gasteiger partial charge >= 0.3 is 12.3 Å². The van der Waals surface area contributed by atoms with Crippen molar-refractivity contribution < 1.29 is 22.7 Å². The number of nitrogens with two attached hydrogens (primary N) is 1. The summed E-state index contributed by atoms with van der Waals surface area (Å²) >= 11 is 0. The summed E-state index contributed by atoms with van der Waals surface area (Å²) in [6.07, 6.45) is -2.28. The molecule has 1 aromatic heterocycles. The second-order valence-corrected chi connectivity index (χ2v) is 9.78. The average molecular weight is 539 g/mol. The van der Waals surface area contributed by atoms with E-state index in [4.69, 9.17) is 15.5 Å². The zero-order valence-electron chi connectivity index (χ0n) is 21.4. The number of anilines is 1. The molecule has 11 heteroatoms. The van der Waals surface area contributed by atoms with Crippen LogP contribution in [0, 0.1) is 5.92 Å². The molecule has 2 atom stereocenters. The fourth-order valence-electron chi connectivity index (χ4n) is 5.28. The van der Waals surface area contributed by atoms with Gasteiger partial charge in [-0.25, -0.2) is 14.8 Å². The minimum Gasteiger partial charge on any atom is -0.445 e. The highest BCUT2D eigenvalue weighted by molar-refractivity contribution is 6.04. The van der Waals surface area contributed by atoms with Crippen LogP contribution in [0.1, 0.15) is 41.3 Å². The normalized spacial score (nSPS) is 20.6. The van der Waals surface area contributed by atoms with Gasteiger partial charge in [0.25, 0.3) is 0 Å². The van der Waals surface area contributed by atoms with Crippen LogP contribution in [0.25, 0.3) is 0 Å². The molecule has 5 rings (SSSR count). The highest BCUT2D eigenvalue weighted by atomic mass is 19.4. The van der Waals surface area contributed by atoms with Crippen molar-refractivity contribution in [2.45, 2.75) is 37.8 Å². The van der Waals surface area contributed by atoms with Crippen molar-refractivity contribution in [1.82, 2.24) is 19.8 Å². The maximum Gasteiger partial charge on any atom is 0.416 e. The Labute approximate surface area is 224 Å². The molecule has 2 aromatic carbocycles. The monoisotopic (exact) mass is 538 g/mol. The smallest absolute Gasteiger partial charge is 0.416 e. The van der Waals surface area contributed by atoms with Gasteiger partial charge in [-0.05, 0) is 55.1 Å². The van der Waals surface area contributed by atoms with Crippen LogP contribution in [0.4, 0.5) is 23.9 Å². The molecule has 2 N–H and O–H groups in total. The molecule has 2 aliphatic rings. The van der Waals surface area contributed by atoms with Gasteiger partial charge in [0, 0.05) is 19.3 Å². The Kier molecular flexibility index (Phi) is 7.51. The first-order valence-corrected chi connectivity index (χ1v) is 12.7. The van der Waals surface area contributed by atoms with E-state index in [1.807, 2.05) is 42.3 Å². The van der Waals surface area contributed by atoms with E-state index in [9.17, 15) is 18.0 Å². The van der Waals surface area contributed by atoms with E-state index >= 15 is 0 Å². The van der Waals surface area contributed by atoms with Gasteiger partial charge in [-0.1, -0.05) is 42.5 Å². The van der Waals surface area contributed by atoms with Gasteiger partial charge in [0.05, 0.1) is 23.0 Å². The minimum atomic E-state index is -4.47. The highest BCUT2D eigenvalue weighted by Gasteiger charge is 2.42. The molecule has 39 heavy (non-hydrogen) atoms. The number of alkyl halides is 3. The SMILES string of the molecule is CN1C(c2cccc(C(F)(F)F)c2)C(c2ccnc(N)n2)=NC1C1CCN(C(=O)OCc2ccccc2)CC1. The summed E-state index contributed by atoms with van der Waals surface area (Å²) in [7, 11) is 1.86. The Morgan fingerprint density at radius 2 is 1.82 bits per heavy atom. The minimum absolute atomic E-state index is 0.0615. The summed E-state index contributed by atoms with van der Waals surface area (Å²) in [5.74, 6) is 0.143. The van der Waals surface area contributed by atoms with Gasteiger partial charge in [-0.15, -0.1) is 0 Å². The van der Waals surface area contributed by atoms with Crippen molar-refractivity contribution in [3.63, 3.8) is 0 Å². The number of carbonyl (C=O) groups excluding carboxylic acids is 1. The molecule has 1 fully saturated rings. The van der Waals surface area contributed by atoms with Crippen LogP contribution in [0.3, 0.4) is 0 Å². The number of benzene rings is 2. The Hall–Kier alpha value is -3.99. The molecule has 204 valence electrons. The maximum atomic E-state index is 13.5. The quantitative estimate of drug-likeness (QED) is 0.495. The lowest BCUT2D eigenvalue weighted by Crippen LogP contribution is -2.44. The van der Waals surface area contributed by atoms with Crippen LogP contribution in [0.5, 0.6) is 0 Å². The summed E-state index contributed by atoms with van der Waals surface area (Å²) in [6, 6.07) is 15.9. The number of aromatic nitrogens is 2. The van der Waals surface area contributed by atoms with Gasteiger partial charge in [0.15, 0.2) is 0 Å². The predicted octanol–water partition coefficient (Wildman–Crippen LogP) is 4.93. The molecular formula is C28H29F3N6O2. The third kappa shape index (κ3) is 5.88. The number of halogens is 3. The molecule has 0 saturated carbocycles. The van der Waals surface area contributed by atoms with Crippen molar-refractivity contribution in [3.05, 3.63) is 89.2 Å². The van der Waals surface area contributed by atoms with Gasteiger partial charge in [0.1, 0.15) is 12.8 Å². The zero-order valence-corrected chi connectivity index (χ0v) is 21.4. The van der Waals surface area contributed by atoms with E-state index in [2.05, 4.69) is 9.97 Å². The largest absolute Gasteiger partial charge is 0.445 e. The number of likely N-dealkylation sites (N-methyl/N-ethyl adjacent to an activating group) is 1. The van der Waals surface area contributed by atoms with Gasteiger partial charge < -0.3 is 15.4 Å². The van der Waals surface area contributed by atoms with Crippen LogP contribution in [-0.2, 0) is 17.5 Å². The van der Waals surface area contributed by atoms with Crippen LogP contribution in [0.15, 0.2) is 71.9 Å². The third-order valence-electron chi connectivity index (χ3n) is 7.25. The molecule has 3 aromatic rings. The van der Waals surface area contributed by atoms with Crippen molar-refractivity contribution in [1.29, 1.82) is 0 Å². The van der Waals surface area contributed by atoms with Crippen molar-refractivity contribution in [2.24, 2.45) is 10.9 Å². The third-order valence-corrected chi connectivity index (χ3v) is 7.25. The van der Waals surface area contributed by atoms with Gasteiger partial charge in [0.2, 0.25) is 5.95 Å². The Morgan fingerprint density at radius 3 is 2.51 bits per heavy atom. The molecule has 2 aliphatic heterocycles. The first-order chi connectivity index (χ1) is 18.7. The maximum absolute atomic E-state index is 13.5. The standard InChI is InChI=1S/C28H29F3N6O2/c1-36-24(20-8-5-9-21(16-20)28(29,30)31)23(22-10-13-33-26(32)34-22)35-25(36)19-11-14-37(15-12-19)27(38)39-17-18-6-3-2-4-7-18/h2-10,13,16,19,24-25H,11-12,14-15,17H2,1H3,(H2,32,33,34). The molecule has 0 aliphatic carbocycles. The van der Waals surface area contributed by atoms with E-state index in [1.54, 1.807) is 17.0 Å². The van der Waals surface area contributed by atoms with Gasteiger partial charge in [-0.3, -0.25) is 9.89 Å². The first kappa shape index (κ1) is 26.6. The summed E-state index contributed by atoms with van der Waals surface area (Å²) in [5.41, 5.74) is 7.50. The number of ether oxygens (including phenoxy) is 1. The molecule has 1 saturated heterocycles. The van der Waals surface area contributed by atoms with Crippen LogP contribution in [-0.4, -0.2) is 57.9 Å². The number of nitrogens with zero attached hydrogens (tertiary/aromatic N) is 5. The molecule has 1 amide bonds. The average Bonchev–Trinajstić information content (AvgIpc) is 3.29. The number of hydrogen-bond acceptors (Lipinski definition) is 7. The lowest BCUT2D eigenvalue weighted by Gasteiger charge is -2.36. The molecule has 2 unspecified atom stereocenters. The number of aliphatic imine (C=N–C) groups is 1. The summed E-state index contributed by atoms with van der Waals surface area (Å²) in [5, 5.41) is 0. The fourth-order valence-corrected chi connectivity index (χ4v) is 5.28. The van der Waals surface area contributed by atoms with E-state index in [1.165, 1.54) is 12.3 Å². The van der Waals surface area contributed by atoms with Crippen molar-refractivity contribution >= 4 is 17.8 Å². The lowest BCUT2D eigenvalue weighted by atomic mass is 9.92. The number of rotatable bonds is 5.